The van der Waals surface area contributed by atoms with E-state index in [0.717, 1.165) is 37.9 Å². The maximum Gasteiger partial charge on any atom is 0.255 e. The summed E-state index contributed by atoms with van der Waals surface area (Å²) in [6, 6.07) is 18.5. The number of amides is 1. The molecule has 7 heteroatoms. The van der Waals surface area contributed by atoms with Crippen molar-refractivity contribution in [3.05, 3.63) is 65.7 Å². The minimum atomic E-state index is -0.473. The Kier molecular flexibility index (Phi) is 10.6. The van der Waals surface area contributed by atoms with Gasteiger partial charge < -0.3 is 20.7 Å². The number of carbonyl (C=O) groups is 1. The van der Waals surface area contributed by atoms with Gasteiger partial charge in [0, 0.05) is 26.7 Å². The first-order valence-electron chi connectivity index (χ1n) is 10.6. The first-order chi connectivity index (χ1) is 14.6. The molecular weight excluding hydrogens is 503 g/mol. The molecule has 2 aromatic carbocycles. The first kappa shape index (κ1) is 25.0. The van der Waals surface area contributed by atoms with Gasteiger partial charge in [0.15, 0.2) is 12.6 Å². The molecular formula is C24H33IN4O2. The van der Waals surface area contributed by atoms with Crippen molar-refractivity contribution >= 4 is 35.8 Å². The zero-order chi connectivity index (χ0) is 21.2. The summed E-state index contributed by atoms with van der Waals surface area (Å²) in [5, 5.41) is 3.49. The molecule has 1 aliphatic heterocycles. The molecule has 3 N–H and O–H groups in total. The van der Waals surface area contributed by atoms with Crippen LogP contribution in [0.25, 0.3) is 0 Å². The summed E-state index contributed by atoms with van der Waals surface area (Å²) in [6.07, 6.45) is 4.45. The van der Waals surface area contributed by atoms with Gasteiger partial charge in [0.05, 0.1) is 0 Å². The third-order valence-electron chi connectivity index (χ3n) is 5.49. The van der Waals surface area contributed by atoms with Crippen molar-refractivity contribution in [2.45, 2.75) is 25.7 Å². The first-order valence-corrected chi connectivity index (χ1v) is 10.6. The van der Waals surface area contributed by atoms with E-state index in [2.05, 4.69) is 45.5 Å². The van der Waals surface area contributed by atoms with Gasteiger partial charge in [-0.25, -0.2) is 0 Å². The van der Waals surface area contributed by atoms with Crippen LogP contribution >= 0.6 is 24.0 Å². The number of benzene rings is 2. The standard InChI is InChI=1S/C24H32N4O2.HI/c1-26-24(27-14-11-19-7-9-22(10-8-19)30-18-23(25)29)28-15-12-21(13-16-28)17-20-5-3-2-4-6-20;/h2-10,21H,11-18H2,1H3,(H2,25,29)(H,26,27);1H. The van der Waals surface area contributed by atoms with Crippen molar-refractivity contribution in [3.63, 3.8) is 0 Å². The largest absolute Gasteiger partial charge is 0.484 e. The van der Waals surface area contributed by atoms with E-state index in [1.54, 1.807) is 0 Å². The lowest BCUT2D eigenvalue weighted by molar-refractivity contribution is -0.119. The van der Waals surface area contributed by atoms with E-state index in [9.17, 15) is 4.79 Å². The van der Waals surface area contributed by atoms with Crippen LogP contribution in [0.4, 0.5) is 0 Å². The summed E-state index contributed by atoms with van der Waals surface area (Å²) < 4.78 is 5.29. The summed E-state index contributed by atoms with van der Waals surface area (Å²) in [6.45, 7) is 2.81. The van der Waals surface area contributed by atoms with E-state index in [1.165, 1.54) is 30.4 Å². The number of likely N-dealkylation sites (tertiary alicyclic amines) is 1. The zero-order valence-electron chi connectivity index (χ0n) is 18.1. The lowest BCUT2D eigenvalue weighted by atomic mass is 9.90. The van der Waals surface area contributed by atoms with Gasteiger partial charge in [0.2, 0.25) is 0 Å². The number of carbonyl (C=O) groups excluding carboxylic acids is 1. The van der Waals surface area contributed by atoms with Gasteiger partial charge >= 0.3 is 0 Å². The van der Waals surface area contributed by atoms with Gasteiger partial charge in [0.25, 0.3) is 5.91 Å². The third kappa shape index (κ3) is 8.40. The molecule has 0 spiro atoms. The molecule has 0 radical (unpaired) electrons. The normalized spacial score (nSPS) is 14.6. The van der Waals surface area contributed by atoms with Gasteiger partial charge in [-0.05, 0) is 54.9 Å². The van der Waals surface area contributed by atoms with Crippen LogP contribution in [-0.4, -0.2) is 50.1 Å². The van der Waals surface area contributed by atoms with E-state index in [4.69, 9.17) is 10.5 Å². The second kappa shape index (κ2) is 13.2. The number of ether oxygens (including phenoxy) is 1. The highest BCUT2D eigenvalue weighted by molar-refractivity contribution is 14.0. The van der Waals surface area contributed by atoms with Crippen LogP contribution in [0.1, 0.15) is 24.0 Å². The molecule has 168 valence electrons. The maximum atomic E-state index is 10.8. The van der Waals surface area contributed by atoms with Gasteiger partial charge in [-0.15, -0.1) is 24.0 Å². The van der Waals surface area contributed by atoms with Crippen LogP contribution in [0, 0.1) is 5.92 Å². The van der Waals surface area contributed by atoms with Crippen LogP contribution in [0.5, 0.6) is 5.75 Å². The smallest absolute Gasteiger partial charge is 0.255 e. The number of nitrogens with zero attached hydrogens (tertiary/aromatic N) is 2. The van der Waals surface area contributed by atoms with E-state index in [0.29, 0.717) is 5.75 Å². The molecule has 0 saturated carbocycles. The molecule has 31 heavy (non-hydrogen) atoms. The second-order valence-electron chi connectivity index (χ2n) is 7.74. The molecule has 2 aromatic rings. The topological polar surface area (TPSA) is 80.0 Å². The quantitative estimate of drug-likeness (QED) is 0.309. The average molecular weight is 536 g/mol. The molecule has 0 bridgehead atoms. The number of primary amides is 1. The molecule has 1 aliphatic rings. The highest BCUT2D eigenvalue weighted by Crippen LogP contribution is 2.21. The highest BCUT2D eigenvalue weighted by atomic mass is 127. The molecule has 1 heterocycles. The number of hydrogen-bond acceptors (Lipinski definition) is 3. The number of guanidine groups is 1. The van der Waals surface area contributed by atoms with E-state index < -0.39 is 5.91 Å². The summed E-state index contributed by atoms with van der Waals surface area (Å²) in [7, 11) is 1.85. The van der Waals surface area contributed by atoms with Crippen molar-refractivity contribution in [2.75, 3.05) is 33.3 Å². The molecule has 1 fully saturated rings. The minimum Gasteiger partial charge on any atom is -0.484 e. The Labute approximate surface area is 202 Å². The SMILES string of the molecule is CN=C(NCCc1ccc(OCC(N)=O)cc1)N1CCC(Cc2ccccc2)CC1.I. The fourth-order valence-corrected chi connectivity index (χ4v) is 3.85. The van der Waals surface area contributed by atoms with E-state index in [1.807, 2.05) is 31.3 Å². The molecule has 1 saturated heterocycles. The molecule has 0 atom stereocenters. The monoisotopic (exact) mass is 536 g/mol. The number of nitrogens with two attached hydrogens (primary N) is 1. The fraction of sp³-hybridized carbons (Fsp3) is 0.417. The van der Waals surface area contributed by atoms with Crippen LogP contribution in [0.15, 0.2) is 59.6 Å². The number of aliphatic imine (C=N–C) groups is 1. The second-order valence-corrected chi connectivity index (χ2v) is 7.74. The Morgan fingerprint density at radius 2 is 1.77 bits per heavy atom. The van der Waals surface area contributed by atoms with Crippen LogP contribution < -0.4 is 15.8 Å². The van der Waals surface area contributed by atoms with Crippen molar-refractivity contribution < 1.29 is 9.53 Å². The lowest BCUT2D eigenvalue weighted by Crippen LogP contribution is -2.46. The summed E-state index contributed by atoms with van der Waals surface area (Å²) in [5.74, 6) is 1.91. The molecule has 1 amide bonds. The van der Waals surface area contributed by atoms with Gasteiger partial charge in [-0.2, -0.15) is 0 Å². The number of piperidine rings is 1. The van der Waals surface area contributed by atoms with Crippen molar-refractivity contribution in [1.82, 2.24) is 10.2 Å². The summed E-state index contributed by atoms with van der Waals surface area (Å²) in [4.78, 5) is 17.6. The average Bonchev–Trinajstić information content (AvgIpc) is 2.77. The molecule has 0 aliphatic carbocycles. The molecule has 0 aromatic heterocycles. The predicted octanol–water partition coefficient (Wildman–Crippen LogP) is 3.24. The summed E-state index contributed by atoms with van der Waals surface area (Å²) >= 11 is 0. The minimum absolute atomic E-state index is 0. The van der Waals surface area contributed by atoms with Crippen LogP contribution in [0.2, 0.25) is 0 Å². The number of rotatable bonds is 8. The maximum absolute atomic E-state index is 10.8. The van der Waals surface area contributed by atoms with Crippen LogP contribution in [0.3, 0.4) is 0 Å². The molecule has 3 rings (SSSR count). The van der Waals surface area contributed by atoms with Gasteiger partial charge in [-0.3, -0.25) is 9.79 Å². The van der Waals surface area contributed by atoms with E-state index in [-0.39, 0.29) is 30.6 Å². The lowest BCUT2D eigenvalue weighted by Gasteiger charge is -2.34. The van der Waals surface area contributed by atoms with Crippen molar-refractivity contribution in [3.8, 4) is 5.75 Å². The third-order valence-corrected chi connectivity index (χ3v) is 5.49. The number of hydrogen-bond donors (Lipinski definition) is 2. The Morgan fingerprint density at radius 1 is 1.10 bits per heavy atom. The van der Waals surface area contributed by atoms with Gasteiger partial charge in [-0.1, -0.05) is 42.5 Å². The van der Waals surface area contributed by atoms with Crippen molar-refractivity contribution in [1.29, 1.82) is 0 Å². The fourth-order valence-electron chi connectivity index (χ4n) is 3.85. The molecule has 6 nitrogen and oxygen atoms in total. The zero-order valence-corrected chi connectivity index (χ0v) is 20.5. The van der Waals surface area contributed by atoms with Crippen molar-refractivity contribution in [2.24, 2.45) is 16.6 Å². The summed E-state index contributed by atoms with van der Waals surface area (Å²) in [5.41, 5.74) is 7.73. The Morgan fingerprint density at radius 3 is 2.39 bits per heavy atom. The molecule has 0 unspecified atom stereocenters. The predicted molar refractivity (Wildman–Crippen MR) is 136 cm³/mol. The number of halogens is 1. The number of nitrogens with one attached hydrogen (secondary N) is 1. The van der Waals surface area contributed by atoms with Gasteiger partial charge in [0.1, 0.15) is 5.75 Å². The Hall–Kier alpha value is -2.29. The Balaban J connectivity index is 0.00000341. The Bertz CT molecular complexity index is 819. The van der Waals surface area contributed by atoms with E-state index >= 15 is 0 Å². The van der Waals surface area contributed by atoms with Crippen LogP contribution in [-0.2, 0) is 17.6 Å². The highest BCUT2D eigenvalue weighted by Gasteiger charge is 2.21.